The van der Waals surface area contributed by atoms with Crippen molar-refractivity contribution in [2.45, 2.75) is 19.3 Å². The van der Waals surface area contributed by atoms with Gasteiger partial charge in [0.2, 0.25) is 0 Å². The summed E-state index contributed by atoms with van der Waals surface area (Å²) in [6.07, 6.45) is 6.03. The van der Waals surface area contributed by atoms with Crippen molar-refractivity contribution in [1.82, 2.24) is 5.32 Å². The predicted molar refractivity (Wildman–Crippen MR) is 76.1 cm³/mol. The quantitative estimate of drug-likeness (QED) is 0.826. The molecule has 0 radical (unpaired) electrons. The van der Waals surface area contributed by atoms with Gasteiger partial charge in [-0.2, -0.15) is 0 Å². The summed E-state index contributed by atoms with van der Waals surface area (Å²) in [5.41, 5.74) is 2.89. The minimum atomic E-state index is 0. The summed E-state index contributed by atoms with van der Waals surface area (Å²) < 4.78 is 1.15. The van der Waals surface area contributed by atoms with E-state index in [9.17, 15) is 0 Å². The van der Waals surface area contributed by atoms with Gasteiger partial charge >= 0.3 is 0 Å². The van der Waals surface area contributed by atoms with E-state index in [1.54, 1.807) is 5.57 Å². The standard InChI is InChI=1S/C13H16BrN.ClH/c14-13-5-3-12(4-6-13)10-11-2-1-8-15-9-7-11;/h3-6,10,15H,1-2,7-9H2;1H. The molecule has 0 saturated carbocycles. The van der Waals surface area contributed by atoms with Crippen molar-refractivity contribution in [2.24, 2.45) is 0 Å². The van der Waals surface area contributed by atoms with Crippen LogP contribution in [0.3, 0.4) is 0 Å². The van der Waals surface area contributed by atoms with Crippen molar-refractivity contribution in [3.63, 3.8) is 0 Å². The maximum Gasteiger partial charge on any atom is 0.0175 e. The summed E-state index contributed by atoms with van der Waals surface area (Å²) in [4.78, 5) is 0. The molecule has 0 unspecified atom stereocenters. The van der Waals surface area contributed by atoms with Crippen LogP contribution in [0.25, 0.3) is 6.08 Å². The van der Waals surface area contributed by atoms with E-state index in [4.69, 9.17) is 0 Å². The Morgan fingerprint density at radius 2 is 1.81 bits per heavy atom. The molecule has 1 aliphatic heterocycles. The molecule has 1 aromatic carbocycles. The molecule has 0 spiro atoms. The monoisotopic (exact) mass is 301 g/mol. The molecule has 1 heterocycles. The third kappa shape index (κ3) is 4.28. The van der Waals surface area contributed by atoms with Gasteiger partial charge in [-0.25, -0.2) is 0 Å². The summed E-state index contributed by atoms with van der Waals surface area (Å²) in [7, 11) is 0. The number of halogens is 2. The summed E-state index contributed by atoms with van der Waals surface area (Å²) in [6, 6.07) is 8.52. The first-order valence-corrected chi connectivity index (χ1v) is 6.29. The zero-order valence-corrected chi connectivity index (χ0v) is 11.6. The van der Waals surface area contributed by atoms with Gasteiger partial charge in [-0.1, -0.05) is 39.7 Å². The Bertz CT molecular complexity index is 335. The van der Waals surface area contributed by atoms with Crippen molar-refractivity contribution in [3.8, 4) is 0 Å². The van der Waals surface area contributed by atoms with Crippen LogP contribution in [0.15, 0.2) is 34.3 Å². The Balaban J connectivity index is 0.00000128. The van der Waals surface area contributed by atoms with Crippen LogP contribution in [0.5, 0.6) is 0 Å². The lowest BCUT2D eigenvalue weighted by atomic mass is 10.0. The van der Waals surface area contributed by atoms with Crippen LogP contribution in [-0.2, 0) is 0 Å². The van der Waals surface area contributed by atoms with Crippen molar-refractivity contribution in [3.05, 3.63) is 39.9 Å². The van der Waals surface area contributed by atoms with E-state index in [1.807, 2.05) is 0 Å². The van der Waals surface area contributed by atoms with Gasteiger partial charge in [0, 0.05) is 4.47 Å². The van der Waals surface area contributed by atoms with Gasteiger partial charge in [-0.15, -0.1) is 12.4 Å². The number of hydrogen-bond donors (Lipinski definition) is 1. The van der Waals surface area contributed by atoms with Crippen molar-refractivity contribution in [2.75, 3.05) is 13.1 Å². The van der Waals surface area contributed by atoms with Gasteiger partial charge in [-0.3, -0.25) is 0 Å². The fraction of sp³-hybridized carbons (Fsp3) is 0.385. The average Bonchev–Trinajstić information content (AvgIpc) is 2.50. The molecule has 88 valence electrons. The average molecular weight is 303 g/mol. The second-order valence-corrected chi connectivity index (χ2v) is 4.87. The lowest BCUT2D eigenvalue weighted by Crippen LogP contribution is -2.13. The second kappa shape index (κ2) is 7.10. The fourth-order valence-corrected chi connectivity index (χ4v) is 2.14. The number of rotatable bonds is 1. The normalized spacial score (nSPS) is 18.9. The smallest absolute Gasteiger partial charge is 0.0175 e. The molecule has 1 N–H and O–H groups in total. The van der Waals surface area contributed by atoms with Crippen LogP contribution >= 0.6 is 28.3 Å². The molecule has 16 heavy (non-hydrogen) atoms. The Morgan fingerprint density at radius 3 is 2.56 bits per heavy atom. The number of hydrogen-bond acceptors (Lipinski definition) is 1. The topological polar surface area (TPSA) is 12.0 Å². The highest BCUT2D eigenvalue weighted by molar-refractivity contribution is 9.10. The lowest BCUT2D eigenvalue weighted by molar-refractivity contribution is 0.703. The minimum Gasteiger partial charge on any atom is -0.316 e. The fourth-order valence-electron chi connectivity index (χ4n) is 1.88. The lowest BCUT2D eigenvalue weighted by Gasteiger charge is -2.02. The van der Waals surface area contributed by atoms with Gasteiger partial charge in [0.1, 0.15) is 0 Å². The van der Waals surface area contributed by atoms with Gasteiger partial charge in [0.25, 0.3) is 0 Å². The van der Waals surface area contributed by atoms with Crippen LogP contribution < -0.4 is 5.32 Å². The first kappa shape index (κ1) is 13.8. The van der Waals surface area contributed by atoms with E-state index in [1.165, 1.54) is 24.8 Å². The molecule has 3 heteroatoms. The Morgan fingerprint density at radius 1 is 1.06 bits per heavy atom. The molecule has 1 nitrogen and oxygen atoms in total. The minimum absolute atomic E-state index is 0. The van der Waals surface area contributed by atoms with Gasteiger partial charge in [-0.05, 0) is 50.0 Å². The second-order valence-electron chi connectivity index (χ2n) is 3.96. The largest absolute Gasteiger partial charge is 0.316 e. The summed E-state index contributed by atoms with van der Waals surface area (Å²) in [5, 5.41) is 3.42. The van der Waals surface area contributed by atoms with Crippen LogP contribution in [0.2, 0.25) is 0 Å². The molecular weight excluding hydrogens is 286 g/mol. The first-order valence-electron chi connectivity index (χ1n) is 5.50. The molecular formula is C13H17BrClN. The zero-order chi connectivity index (χ0) is 10.5. The SMILES string of the molecule is Brc1ccc(C=C2CCCNCC2)cc1.Cl. The highest BCUT2D eigenvalue weighted by atomic mass is 79.9. The van der Waals surface area contributed by atoms with E-state index >= 15 is 0 Å². The van der Waals surface area contributed by atoms with E-state index < -0.39 is 0 Å². The predicted octanol–water partition coefficient (Wildman–Crippen LogP) is 4.03. The molecule has 0 bridgehead atoms. The van der Waals surface area contributed by atoms with Crippen molar-refractivity contribution < 1.29 is 0 Å². The van der Waals surface area contributed by atoms with Crippen molar-refractivity contribution in [1.29, 1.82) is 0 Å². The van der Waals surface area contributed by atoms with Crippen LogP contribution in [0.1, 0.15) is 24.8 Å². The van der Waals surface area contributed by atoms with E-state index in [2.05, 4.69) is 51.6 Å². The number of nitrogens with one attached hydrogen (secondary N) is 1. The summed E-state index contributed by atoms with van der Waals surface area (Å²) in [6.45, 7) is 2.29. The molecule has 1 aromatic rings. The Hall–Kier alpha value is -0.310. The third-order valence-electron chi connectivity index (χ3n) is 2.72. The molecule has 0 aromatic heterocycles. The van der Waals surface area contributed by atoms with Gasteiger partial charge in [0.15, 0.2) is 0 Å². The highest BCUT2D eigenvalue weighted by Crippen LogP contribution is 2.18. The molecule has 1 aliphatic rings. The van der Waals surface area contributed by atoms with Gasteiger partial charge < -0.3 is 5.32 Å². The maximum atomic E-state index is 3.45. The van der Waals surface area contributed by atoms with Crippen molar-refractivity contribution >= 4 is 34.4 Å². The molecule has 0 amide bonds. The zero-order valence-electron chi connectivity index (χ0n) is 9.21. The van der Waals surface area contributed by atoms with Crippen LogP contribution in [0.4, 0.5) is 0 Å². The molecule has 0 aliphatic carbocycles. The van der Waals surface area contributed by atoms with Gasteiger partial charge in [0.05, 0.1) is 0 Å². The summed E-state index contributed by atoms with van der Waals surface area (Å²) >= 11 is 3.45. The molecule has 1 fully saturated rings. The van der Waals surface area contributed by atoms with E-state index in [0.717, 1.165) is 17.6 Å². The third-order valence-corrected chi connectivity index (χ3v) is 3.24. The Kier molecular flexibility index (Phi) is 6.10. The Labute approximate surface area is 112 Å². The summed E-state index contributed by atoms with van der Waals surface area (Å²) in [5.74, 6) is 0. The van der Waals surface area contributed by atoms with E-state index in [-0.39, 0.29) is 12.4 Å². The number of benzene rings is 1. The van der Waals surface area contributed by atoms with E-state index in [0.29, 0.717) is 0 Å². The van der Waals surface area contributed by atoms with Crippen LogP contribution in [0, 0.1) is 0 Å². The first-order chi connectivity index (χ1) is 7.34. The molecule has 0 atom stereocenters. The highest BCUT2D eigenvalue weighted by Gasteiger charge is 2.03. The van der Waals surface area contributed by atoms with Crippen LogP contribution in [-0.4, -0.2) is 13.1 Å². The molecule has 1 saturated heterocycles. The molecule has 2 rings (SSSR count). The maximum absolute atomic E-state index is 3.45.